The van der Waals surface area contributed by atoms with Crippen LogP contribution < -0.4 is 5.63 Å². The average Bonchev–Trinajstić information content (AvgIpc) is 2.71. The molecule has 1 aliphatic heterocycles. The minimum atomic E-state index is -0.339. The number of aryl methyl sites for hydroxylation is 1. The summed E-state index contributed by atoms with van der Waals surface area (Å²) in [7, 11) is 0. The molecule has 0 bridgehead atoms. The fourth-order valence-electron chi connectivity index (χ4n) is 4.48. The number of nitrogens with zero attached hydrogens (tertiary/aromatic N) is 1. The maximum atomic E-state index is 12.6. The van der Waals surface area contributed by atoms with E-state index in [-0.39, 0.29) is 11.4 Å². The second-order valence-corrected chi connectivity index (χ2v) is 7.56. The summed E-state index contributed by atoms with van der Waals surface area (Å²) in [5, 5.41) is 13.4. The first kappa shape index (κ1) is 18.1. The van der Waals surface area contributed by atoms with Gasteiger partial charge < -0.3 is 9.52 Å². The molecular weight excluding hydrogens is 338 g/mol. The van der Waals surface area contributed by atoms with Crippen molar-refractivity contribution in [3.63, 3.8) is 0 Å². The number of hydrogen-bond donors (Lipinski definition) is 1. The van der Waals surface area contributed by atoms with Crippen molar-refractivity contribution in [2.24, 2.45) is 0 Å². The van der Waals surface area contributed by atoms with E-state index in [0.717, 1.165) is 41.3 Å². The third-order valence-electron chi connectivity index (χ3n) is 6.02. The van der Waals surface area contributed by atoms with Crippen LogP contribution in [0.15, 0.2) is 39.5 Å². The summed E-state index contributed by atoms with van der Waals surface area (Å²) in [6.07, 6.45) is 5.46. The molecule has 4 heteroatoms. The first-order valence-corrected chi connectivity index (χ1v) is 10.1. The molecule has 1 aliphatic rings. The van der Waals surface area contributed by atoms with E-state index in [1.54, 1.807) is 6.07 Å². The van der Waals surface area contributed by atoms with Crippen LogP contribution in [0.5, 0.6) is 5.75 Å². The lowest BCUT2D eigenvalue weighted by molar-refractivity contribution is 0.135. The molecule has 0 saturated carbocycles. The van der Waals surface area contributed by atoms with Crippen LogP contribution in [0.25, 0.3) is 21.7 Å². The van der Waals surface area contributed by atoms with Gasteiger partial charge in [0.2, 0.25) is 0 Å². The van der Waals surface area contributed by atoms with E-state index in [4.69, 9.17) is 4.42 Å². The van der Waals surface area contributed by atoms with Gasteiger partial charge in [0.05, 0.1) is 10.9 Å². The van der Waals surface area contributed by atoms with Crippen LogP contribution >= 0.6 is 0 Å². The number of phenolic OH excluding ortho intramolecular Hbond substituents is 1. The van der Waals surface area contributed by atoms with E-state index >= 15 is 0 Å². The molecule has 142 valence electrons. The number of piperidine rings is 1. The topological polar surface area (TPSA) is 53.7 Å². The van der Waals surface area contributed by atoms with Crippen molar-refractivity contribution in [3.05, 3.63) is 51.9 Å². The first-order chi connectivity index (χ1) is 13.1. The molecule has 1 N–H and O–H groups in total. The largest absolute Gasteiger partial charge is 0.507 e. The predicted molar refractivity (Wildman–Crippen MR) is 109 cm³/mol. The second kappa shape index (κ2) is 7.35. The Balaban J connectivity index is 1.95. The fraction of sp³-hybridized carbons (Fsp3) is 0.435. The number of likely N-dealkylation sites (tertiary alicyclic amines) is 1. The summed E-state index contributed by atoms with van der Waals surface area (Å²) in [6.45, 7) is 5.91. The molecule has 4 rings (SSSR count). The van der Waals surface area contributed by atoms with Crippen LogP contribution in [0.2, 0.25) is 0 Å². The minimum absolute atomic E-state index is 0.281. The quantitative estimate of drug-likeness (QED) is 0.523. The highest BCUT2D eigenvalue weighted by Crippen LogP contribution is 2.36. The Hall–Kier alpha value is -2.33. The summed E-state index contributed by atoms with van der Waals surface area (Å²) in [6, 6.07) is 10.1. The zero-order valence-electron chi connectivity index (χ0n) is 16.1. The molecular formula is C23H27NO3. The summed E-state index contributed by atoms with van der Waals surface area (Å²) < 4.78 is 5.75. The molecule has 3 aromatic rings. The SMILES string of the molecule is CCc1cc2c(oc(=O)c3ccccc32)c(CN2CCCC[C@@H]2CC)c1O. The van der Waals surface area contributed by atoms with Gasteiger partial charge >= 0.3 is 5.63 Å². The van der Waals surface area contributed by atoms with Crippen LogP contribution in [0.1, 0.15) is 50.7 Å². The minimum Gasteiger partial charge on any atom is -0.507 e. The highest BCUT2D eigenvalue weighted by molar-refractivity contribution is 6.06. The average molecular weight is 365 g/mol. The second-order valence-electron chi connectivity index (χ2n) is 7.56. The number of hydrogen-bond acceptors (Lipinski definition) is 4. The molecule has 1 fully saturated rings. The van der Waals surface area contributed by atoms with Crippen LogP contribution in [0.3, 0.4) is 0 Å². The first-order valence-electron chi connectivity index (χ1n) is 10.1. The molecule has 1 aromatic heterocycles. The molecule has 2 aromatic carbocycles. The maximum absolute atomic E-state index is 12.6. The Bertz CT molecular complexity index is 1040. The Labute approximate surface area is 159 Å². The monoisotopic (exact) mass is 365 g/mol. The number of rotatable bonds is 4. The smallest absolute Gasteiger partial charge is 0.344 e. The van der Waals surface area contributed by atoms with Gasteiger partial charge in [-0.15, -0.1) is 0 Å². The lowest BCUT2D eigenvalue weighted by Gasteiger charge is -2.35. The van der Waals surface area contributed by atoms with Gasteiger partial charge in [0.1, 0.15) is 11.3 Å². The van der Waals surface area contributed by atoms with E-state index in [2.05, 4.69) is 11.8 Å². The highest BCUT2D eigenvalue weighted by Gasteiger charge is 2.25. The van der Waals surface area contributed by atoms with E-state index in [1.807, 2.05) is 31.2 Å². The van der Waals surface area contributed by atoms with Gasteiger partial charge in [0, 0.05) is 18.0 Å². The number of phenols is 1. The Morgan fingerprint density at radius 1 is 1.15 bits per heavy atom. The van der Waals surface area contributed by atoms with Crippen molar-refractivity contribution in [3.8, 4) is 5.75 Å². The normalized spacial score (nSPS) is 18.4. The number of aromatic hydroxyl groups is 1. The van der Waals surface area contributed by atoms with Crippen molar-refractivity contribution in [2.45, 2.75) is 58.5 Å². The molecule has 1 saturated heterocycles. The van der Waals surface area contributed by atoms with Crippen LogP contribution in [-0.2, 0) is 13.0 Å². The van der Waals surface area contributed by atoms with Crippen molar-refractivity contribution in [1.29, 1.82) is 0 Å². The standard InChI is InChI=1S/C23H27NO3/c1-3-15-13-19-17-10-5-6-11-18(17)23(26)27-22(19)20(21(15)25)14-24-12-8-7-9-16(24)4-2/h5-6,10-11,13,16,25H,3-4,7-9,12,14H2,1-2H3/t16-/m0/s1. The van der Waals surface area contributed by atoms with E-state index < -0.39 is 0 Å². The van der Waals surface area contributed by atoms with Crippen LogP contribution in [0.4, 0.5) is 0 Å². The van der Waals surface area contributed by atoms with E-state index in [9.17, 15) is 9.90 Å². The van der Waals surface area contributed by atoms with Gasteiger partial charge in [-0.25, -0.2) is 4.79 Å². The molecule has 0 unspecified atom stereocenters. The van der Waals surface area contributed by atoms with Crippen molar-refractivity contribution in [2.75, 3.05) is 6.54 Å². The van der Waals surface area contributed by atoms with Gasteiger partial charge in [-0.05, 0) is 55.3 Å². The Kier molecular flexibility index (Phi) is 4.92. The lowest BCUT2D eigenvalue weighted by atomic mass is 9.96. The predicted octanol–water partition coefficient (Wildman–Crippen LogP) is 4.98. The summed E-state index contributed by atoms with van der Waals surface area (Å²) in [5.74, 6) is 0.281. The van der Waals surface area contributed by atoms with Crippen molar-refractivity contribution in [1.82, 2.24) is 4.90 Å². The highest BCUT2D eigenvalue weighted by atomic mass is 16.4. The van der Waals surface area contributed by atoms with Crippen LogP contribution in [-0.4, -0.2) is 22.6 Å². The molecule has 0 aliphatic carbocycles. The molecule has 1 atom stereocenters. The van der Waals surface area contributed by atoms with Gasteiger partial charge in [-0.3, -0.25) is 4.90 Å². The number of fused-ring (bicyclic) bond motifs is 3. The molecule has 0 spiro atoms. The zero-order chi connectivity index (χ0) is 19.0. The summed E-state index contributed by atoms with van der Waals surface area (Å²) >= 11 is 0. The Morgan fingerprint density at radius 2 is 1.93 bits per heavy atom. The molecule has 0 amide bonds. The fourth-order valence-corrected chi connectivity index (χ4v) is 4.48. The zero-order valence-corrected chi connectivity index (χ0v) is 16.1. The molecule has 4 nitrogen and oxygen atoms in total. The molecule has 27 heavy (non-hydrogen) atoms. The summed E-state index contributed by atoms with van der Waals surface area (Å²) in [5.41, 5.74) is 1.86. The van der Waals surface area contributed by atoms with E-state index in [0.29, 0.717) is 23.6 Å². The number of benzene rings is 2. The van der Waals surface area contributed by atoms with Crippen LogP contribution in [0, 0.1) is 0 Å². The van der Waals surface area contributed by atoms with Gasteiger partial charge in [-0.1, -0.05) is 38.5 Å². The molecule has 0 radical (unpaired) electrons. The lowest BCUT2D eigenvalue weighted by Crippen LogP contribution is -2.38. The van der Waals surface area contributed by atoms with E-state index in [1.165, 1.54) is 19.3 Å². The van der Waals surface area contributed by atoms with Gasteiger partial charge in [0.15, 0.2) is 0 Å². The maximum Gasteiger partial charge on any atom is 0.344 e. The van der Waals surface area contributed by atoms with Gasteiger partial charge in [0.25, 0.3) is 0 Å². The Morgan fingerprint density at radius 3 is 2.67 bits per heavy atom. The van der Waals surface area contributed by atoms with Gasteiger partial charge in [-0.2, -0.15) is 0 Å². The third-order valence-corrected chi connectivity index (χ3v) is 6.02. The molecule has 2 heterocycles. The van der Waals surface area contributed by atoms with Crippen molar-refractivity contribution >= 4 is 21.7 Å². The third kappa shape index (κ3) is 3.12. The van der Waals surface area contributed by atoms with Crippen molar-refractivity contribution < 1.29 is 9.52 Å². The summed E-state index contributed by atoms with van der Waals surface area (Å²) in [4.78, 5) is 15.0.